The van der Waals surface area contributed by atoms with Gasteiger partial charge in [0.2, 0.25) is 0 Å². The normalized spacial score (nSPS) is 20.7. The summed E-state index contributed by atoms with van der Waals surface area (Å²) in [6.07, 6.45) is 2.53. The van der Waals surface area contributed by atoms with Gasteiger partial charge < -0.3 is 10.5 Å². The van der Waals surface area contributed by atoms with E-state index in [1.165, 1.54) is 12.8 Å². The summed E-state index contributed by atoms with van der Waals surface area (Å²) in [5.41, 5.74) is 5.99. The van der Waals surface area contributed by atoms with Crippen LogP contribution in [-0.2, 0) is 4.74 Å². The lowest BCUT2D eigenvalue weighted by molar-refractivity contribution is 0.0738. The maximum atomic E-state index is 5.61. The number of rotatable bonds is 5. The molecule has 0 atom stereocenters. The second-order valence-electron chi connectivity index (χ2n) is 4.11. The van der Waals surface area contributed by atoms with Crippen LogP contribution < -0.4 is 5.73 Å². The monoisotopic (exact) mass is 157 g/mol. The van der Waals surface area contributed by atoms with Gasteiger partial charge in [-0.05, 0) is 18.8 Å². The SMILES string of the molecule is CC(C)COCC1(CN)CC1. The van der Waals surface area contributed by atoms with Crippen LogP contribution in [0.2, 0.25) is 0 Å². The Morgan fingerprint density at radius 3 is 2.45 bits per heavy atom. The Morgan fingerprint density at radius 2 is 2.09 bits per heavy atom. The highest BCUT2D eigenvalue weighted by Gasteiger charge is 2.41. The van der Waals surface area contributed by atoms with Crippen molar-refractivity contribution in [3.05, 3.63) is 0 Å². The van der Waals surface area contributed by atoms with Crippen LogP contribution in [0.3, 0.4) is 0 Å². The highest BCUT2D eigenvalue weighted by atomic mass is 16.5. The highest BCUT2D eigenvalue weighted by molar-refractivity contribution is 4.93. The van der Waals surface area contributed by atoms with Crippen molar-refractivity contribution >= 4 is 0 Å². The quantitative estimate of drug-likeness (QED) is 0.654. The van der Waals surface area contributed by atoms with E-state index in [4.69, 9.17) is 10.5 Å². The van der Waals surface area contributed by atoms with E-state index in [0.29, 0.717) is 11.3 Å². The molecule has 1 fully saturated rings. The van der Waals surface area contributed by atoms with Gasteiger partial charge in [0.1, 0.15) is 0 Å². The third kappa shape index (κ3) is 2.80. The molecular formula is C9H19NO. The van der Waals surface area contributed by atoms with Gasteiger partial charge in [-0.15, -0.1) is 0 Å². The van der Waals surface area contributed by atoms with Crippen LogP contribution in [0.25, 0.3) is 0 Å². The van der Waals surface area contributed by atoms with Gasteiger partial charge in [-0.2, -0.15) is 0 Å². The predicted molar refractivity (Wildman–Crippen MR) is 46.4 cm³/mol. The zero-order valence-electron chi connectivity index (χ0n) is 7.60. The van der Waals surface area contributed by atoms with Crippen LogP contribution in [-0.4, -0.2) is 19.8 Å². The molecule has 0 saturated heterocycles. The van der Waals surface area contributed by atoms with Gasteiger partial charge in [0.15, 0.2) is 0 Å². The Bertz CT molecular complexity index is 119. The van der Waals surface area contributed by atoms with E-state index in [0.717, 1.165) is 19.8 Å². The Hall–Kier alpha value is -0.0800. The lowest BCUT2D eigenvalue weighted by atomic mass is 10.1. The average molecular weight is 157 g/mol. The summed E-state index contributed by atoms with van der Waals surface area (Å²) in [5, 5.41) is 0. The molecule has 0 aromatic carbocycles. The zero-order chi connectivity index (χ0) is 8.32. The zero-order valence-corrected chi connectivity index (χ0v) is 7.60. The molecule has 0 aliphatic heterocycles. The first-order valence-electron chi connectivity index (χ1n) is 4.46. The Kier molecular flexibility index (Phi) is 2.90. The Morgan fingerprint density at radius 1 is 1.45 bits per heavy atom. The van der Waals surface area contributed by atoms with E-state index in [1.54, 1.807) is 0 Å². The largest absolute Gasteiger partial charge is 0.381 e. The minimum atomic E-state index is 0.384. The molecule has 0 amide bonds. The van der Waals surface area contributed by atoms with Crippen molar-refractivity contribution in [2.24, 2.45) is 17.1 Å². The van der Waals surface area contributed by atoms with E-state index in [9.17, 15) is 0 Å². The van der Waals surface area contributed by atoms with Crippen LogP contribution in [0.15, 0.2) is 0 Å². The summed E-state index contributed by atoms with van der Waals surface area (Å²) in [6, 6.07) is 0. The average Bonchev–Trinajstić information content (AvgIpc) is 2.69. The fourth-order valence-corrected chi connectivity index (χ4v) is 1.10. The van der Waals surface area contributed by atoms with Crippen molar-refractivity contribution in [1.29, 1.82) is 0 Å². The Balaban J connectivity index is 2.03. The lowest BCUT2D eigenvalue weighted by Gasteiger charge is -2.13. The summed E-state index contributed by atoms with van der Waals surface area (Å²) in [4.78, 5) is 0. The molecule has 0 aromatic rings. The molecule has 2 heteroatoms. The predicted octanol–water partition coefficient (Wildman–Crippen LogP) is 1.40. The molecule has 1 rings (SSSR count). The molecule has 0 unspecified atom stereocenters. The molecule has 0 heterocycles. The first-order valence-corrected chi connectivity index (χ1v) is 4.46. The van der Waals surface area contributed by atoms with E-state index < -0.39 is 0 Å². The number of ether oxygens (including phenoxy) is 1. The van der Waals surface area contributed by atoms with Crippen molar-refractivity contribution in [2.45, 2.75) is 26.7 Å². The van der Waals surface area contributed by atoms with Gasteiger partial charge in [-0.1, -0.05) is 13.8 Å². The van der Waals surface area contributed by atoms with Crippen molar-refractivity contribution in [1.82, 2.24) is 0 Å². The van der Waals surface area contributed by atoms with Crippen molar-refractivity contribution in [3.63, 3.8) is 0 Å². The topological polar surface area (TPSA) is 35.2 Å². The van der Waals surface area contributed by atoms with E-state index in [-0.39, 0.29) is 0 Å². The van der Waals surface area contributed by atoms with Gasteiger partial charge in [0, 0.05) is 18.6 Å². The van der Waals surface area contributed by atoms with Crippen LogP contribution in [0.1, 0.15) is 26.7 Å². The Labute approximate surface area is 69.1 Å². The molecule has 1 aliphatic carbocycles. The molecule has 66 valence electrons. The summed E-state index contributed by atoms with van der Waals surface area (Å²) in [5.74, 6) is 0.642. The molecule has 11 heavy (non-hydrogen) atoms. The summed E-state index contributed by atoms with van der Waals surface area (Å²) in [7, 11) is 0. The van der Waals surface area contributed by atoms with E-state index in [2.05, 4.69) is 13.8 Å². The molecule has 1 saturated carbocycles. The third-order valence-corrected chi connectivity index (χ3v) is 2.25. The van der Waals surface area contributed by atoms with Gasteiger partial charge in [0.25, 0.3) is 0 Å². The van der Waals surface area contributed by atoms with Crippen molar-refractivity contribution in [2.75, 3.05) is 19.8 Å². The minimum Gasteiger partial charge on any atom is -0.381 e. The summed E-state index contributed by atoms with van der Waals surface area (Å²) in [6.45, 7) is 6.89. The standard InChI is InChI=1S/C9H19NO/c1-8(2)5-11-7-9(6-10)3-4-9/h8H,3-7,10H2,1-2H3. The molecule has 0 aromatic heterocycles. The molecule has 0 bridgehead atoms. The fourth-order valence-electron chi connectivity index (χ4n) is 1.10. The minimum absolute atomic E-state index is 0.384. The summed E-state index contributed by atoms with van der Waals surface area (Å²) >= 11 is 0. The highest BCUT2D eigenvalue weighted by Crippen LogP contribution is 2.44. The fraction of sp³-hybridized carbons (Fsp3) is 1.00. The van der Waals surface area contributed by atoms with Gasteiger partial charge in [-0.3, -0.25) is 0 Å². The smallest absolute Gasteiger partial charge is 0.0534 e. The molecule has 2 N–H and O–H groups in total. The maximum Gasteiger partial charge on any atom is 0.0534 e. The van der Waals surface area contributed by atoms with Crippen LogP contribution in [0, 0.1) is 11.3 Å². The van der Waals surface area contributed by atoms with Gasteiger partial charge >= 0.3 is 0 Å². The maximum absolute atomic E-state index is 5.61. The molecular weight excluding hydrogens is 138 g/mol. The van der Waals surface area contributed by atoms with Crippen LogP contribution in [0.5, 0.6) is 0 Å². The molecule has 0 spiro atoms. The number of nitrogens with two attached hydrogens (primary N) is 1. The van der Waals surface area contributed by atoms with E-state index >= 15 is 0 Å². The lowest BCUT2D eigenvalue weighted by Crippen LogP contribution is -2.22. The van der Waals surface area contributed by atoms with Crippen LogP contribution in [0.4, 0.5) is 0 Å². The molecule has 1 aliphatic rings. The number of hydrogen-bond acceptors (Lipinski definition) is 2. The summed E-state index contributed by atoms with van der Waals surface area (Å²) < 4.78 is 5.53. The van der Waals surface area contributed by atoms with Crippen molar-refractivity contribution in [3.8, 4) is 0 Å². The first kappa shape index (κ1) is 9.01. The molecule has 2 nitrogen and oxygen atoms in total. The number of hydrogen-bond donors (Lipinski definition) is 1. The third-order valence-electron chi connectivity index (χ3n) is 2.25. The van der Waals surface area contributed by atoms with Crippen molar-refractivity contribution < 1.29 is 4.74 Å². The molecule has 0 radical (unpaired) electrons. The van der Waals surface area contributed by atoms with E-state index in [1.807, 2.05) is 0 Å². The van der Waals surface area contributed by atoms with Crippen LogP contribution >= 0.6 is 0 Å². The van der Waals surface area contributed by atoms with Gasteiger partial charge in [0.05, 0.1) is 6.61 Å². The first-order chi connectivity index (χ1) is 5.18. The second-order valence-corrected chi connectivity index (χ2v) is 4.11. The van der Waals surface area contributed by atoms with Gasteiger partial charge in [-0.25, -0.2) is 0 Å². The second kappa shape index (κ2) is 3.55.